The molecule has 2 aromatic carbocycles. The van der Waals surface area contributed by atoms with Gasteiger partial charge >= 0.3 is 0 Å². The fourth-order valence-corrected chi connectivity index (χ4v) is 3.84. The van der Waals surface area contributed by atoms with Gasteiger partial charge in [0.1, 0.15) is 23.7 Å². The van der Waals surface area contributed by atoms with Crippen LogP contribution in [0.5, 0.6) is 11.5 Å². The second-order valence-corrected chi connectivity index (χ2v) is 9.49. The molecular weight excluding hydrogens is 426 g/mol. The van der Waals surface area contributed by atoms with Crippen LogP contribution in [-0.4, -0.2) is 29.8 Å². The lowest BCUT2D eigenvalue weighted by molar-refractivity contribution is -0.129. The van der Waals surface area contributed by atoms with Crippen LogP contribution in [-0.2, 0) is 11.2 Å². The van der Waals surface area contributed by atoms with Crippen molar-refractivity contribution in [3.05, 3.63) is 71.8 Å². The van der Waals surface area contributed by atoms with Crippen LogP contribution < -0.4 is 14.8 Å². The predicted molar refractivity (Wildman–Crippen MR) is 136 cm³/mol. The molecule has 1 amide bonds. The Bertz CT molecular complexity index is 934. The smallest absolute Gasteiger partial charge is 0.249 e. The Hall–Kier alpha value is -2.79. The molecule has 184 valence electrons. The fourth-order valence-electron chi connectivity index (χ4n) is 3.84. The first kappa shape index (κ1) is 25.8. The van der Waals surface area contributed by atoms with Gasteiger partial charge in [0.25, 0.3) is 0 Å². The van der Waals surface area contributed by atoms with Crippen LogP contribution in [0.2, 0.25) is 0 Å². The highest BCUT2D eigenvalue weighted by Gasteiger charge is 2.22. The average molecular weight is 466 g/mol. The first-order valence-electron chi connectivity index (χ1n) is 12.4. The number of ether oxygens (including phenoxy) is 2. The second kappa shape index (κ2) is 12.6. The molecule has 3 unspecified atom stereocenters. The Morgan fingerprint density at radius 1 is 1.21 bits per heavy atom. The molecule has 0 saturated heterocycles. The van der Waals surface area contributed by atoms with Crippen molar-refractivity contribution >= 4 is 5.91 Å². The van der Waals surface area contributed by atoms with Crippen LogP contribution in [0.15, 0.2) is 55.1 Å². The van der Waals surface area contributed by atoms with Crippen LogP contribution in [0.25, 0.3) is 0 Å². The van der Waals surface area contributed by atoms with Gasteiger partial charge in [-0.25, -0.2) is 0 Å². The van der Waals surface area contributed by atoms with Gasteiger partial charge in [0.05, 0.1) is 12.6 Å². The van der Waals surface area contributed by atoms with Gasteiger partial charge in [-0.15, -0.1) is 6.58 Å². The first-order valence-corrected chi connectivity index (χ1v) is 12.4. The summed E-state index contributed by atoms with van der Waals surface area (Å²) in [5.41, 5.74) is 3.45. The molecule has 34 heavy (non-hydrogen) atoms. The summed E-state index contributed by atoms with van der Waals surface area (Å²) in [6.45, 7) is 10.2. The molecule has 2 aromatic rings. The van der Waals surface area contributed by atoms with E-state index in [2.05, 4.69) is 37.0 Å². The maximum Gasteiger partial charge on any atom is 0.249 e. The van der Waals surface area contributed by atoms with E-state index >= 15 is 0 Å². The van der Waals surface area contributed by atoms with Gasteiger partial charge in [-0.1, -0.05) is 30.3 Å². The van der Waals surface area contributed by atoms with E-state index in [0.29, 0.717) is 0 Å². The van der Waals surface area contributed by atoms with Crippen molar-refractivity contribution in [3.8, 4) is 11.5 Å². The van der Waals surface area contributed by atoms with Crippen molar-refractivity contribution in [1.82, 2.24) is 5.32 Å². The van der Waals surface area contributed by atoms with Gasteiger partial charge in [-0.05, 0) is 93.7 Å². The predicted octanol–water partition coefficient (Wildman–Crippen LogP) is 5.69. The SMILES string of the molecule is C=CCC(CCCc1ccc(C)c(OCC2CC2)c1)Oc1ccc(C(C)NC(=O)C(C)O)cc1. The molecule has 0 spiro atoms. The third-order valence-corrected chi connectivity index (χ3v) is 6.27. The Labute approximate surface area is 204 Å². The maximum atomic E-state index is 11.7. The molecule has 0 aliphatic heterocycles. The number of aliphatic hydroxyl groups excluding tert-OH is 1. The van der Waals surface area contributed by atoms with Gasteiger partial charge in [0, 0.05) is 6.42 Å². The van der Waals surface area contributed by atoms with Gasteiger partial charge in [0.2, 0.25) is 5.91 Å². The zero-order chi connectivity index (χ0) is 24.5. The Morgan fingerprint density at radius 2 is 1.94 bits per heavy atom. The second-order valence-electron chi connectivity index (χ2n) is 9.49. The minimum atomic E-state index is -1.02. The number of hydrogen-bond donors (Lipinski definition) is 2. The van der Waals surface area contributed by atoms with Crippen molar-refractivity contribution in [1.29, 1.82) is 0 Å². The van der Waals surface area contributed by atoms with Crippen LogP contribution in [0, 0.1) is 12.8 Å². The molecule has 3 rings (SSSR count). The minimum absolute atomic E-state index is 0.0618. The van der Waals surface area contributed by atoms with Gasteiger partial charge in [0.15, 0.2) is 0 Å². The summed E-state index contributed by atoms with van der Waals surface area (Å²) in [5.74, 6) is 2.19. The maximum absolute atomic E-state index is 11.7. The van der Waals surface area contributed by atoms with Crippen molar-refractivity contribution in [3.63, 3.8) is 0 Å². The van der Waals surface area contributed by atoms with Crippen molar-refractivity contribution in [2.75, 3.05) is 6.61 Å². The standard InChI is InChI=1S/C29H39NO4/c1-5-7-26(34-27-16-14-25(15-17-27)21(3)30-29(32)22(4)31)9-6-8-23-11-10-20(2)28(18-23)33-19-24-12-13-24/h5,10-11,14-18,21-22,24,26,31H,1,6-9,12-13,19H2,2-4H3,(H,30,32). The average Bonchev–Trinajstić information content (AvgIpc) is 3.64. The summed E-state index contributed by atoms with van der Waals surface area (Å²) in [4.78, 5) is 11.7. The minimum Gasteiger partial charge on any atom is -0.493 e. The number of amides is 1. The molecule has 1 aliphatic carbocycles. The highest BCUT2D eigenvalue weighted by atomic mass is 16.5. The number of hydrogen-bond acceptors (Lipinski definition) is 4. The van der Waals surface area contributed by atoms with E-state index in [-0.39, 0.29) is 18.1 Å². The van der Waals surface area contributed by atoms with Crippen LogP contribution in [0.1, 0.15) is 68.7 Å². The molecule has 1 fully saturated rings. The monoisotopic (exact) mass is 465 g/mol. The Balaban J connectivity index is 1.50. The summed E-state index contributed by atoms with van der Waals surface area (Å²) in [6, 6.07) is 14.1. The first-order chi connectivity index (χ1) is 16.4. The molecular formula is C29H39NO4. The number of rotatable bonds is 14. The van der Waals surface area contributed by atoms with E-state index < -0.39 is 6.10 Å². The van der Waals surface area contributed by atoms with Gasteiger partial charge < -0.3 is 19.9 Å². The summed E-state index contributed by atoms with van der Waals surface area (Å²) < 4.78 is 12.3. The lowest BCUT2D eigenvalue weighted by Gasteiger charge is -2.19. The molecule has 3 atom stereocenters. The van der Waals surface area contributed by atoms with E-state index in [1.807, 2.05) is 37.3 Å². The lowest BCUT2D eigenvalue weighted by Crippen LogP contribution is -2.34. The number of carbonyl (C=O) groups excluding carboxylic acids is 1. The van der Waals surface area contributed by atoms with Crippen molar-refractivity contribution in [2.24, 2.45) is 5.92 Å². The largest absolute Gasteiger partial charge is 0.493 e. The van der Waals surface area contributed by atoms with Gasteiger partial charge in [-0.3, -0.25) is 4.79 Å². The van der Waals surface area contributed by atoms with E-state index in [0.717, 1.165) is 55.3 Å². The summed E-state index contributed by atoms with van der Waals surface area (Å²) in [5, 5.41) is 12.2. The van der Waals surface area contributed by atoms with Gasteiger partial charge in [-0.2, -0.15) is 0 Å². The molecule has 0 heterocycles. The molecule has 2 N–H and O–H groups in total. The Kier molecular flexibility index (Phi) is 9.58. The summed E-state index contributed by atoms with van der Waals surface area (Å²) in [6.07, 6.45) is 7.25. The summed E-state index contributed by atoms with van der Waals surface area (Å²) in [7, 11) is 0. The number of nitrogens with one attached hydrogen (secondary N) is 1. The topological polar surface area (TPSA) is 67.8 Å². The van der Waals surface area contributed by atoms with E-state index in [1.54, 1.807) is 0 Å². The Morgan fingerprint density at radius 3 is 2.59 bits per heavy atom. The molecule has 0 aromatic heterocycles. The third-order valence-electron chi connectivity index (χ3n) is 6.27. The highest BCUT2D eigenvalue weighted by Crippen LogP contribution is 2.31. The molecule has 1 aliphatic rings. The highest BCUT2D eigenvalue weighted by molar-refractivity contribution is 5.80. The summed E-state index contributed by atoms with van der Waals surface area (Å²) >= 11 is 0. The lowest BCUT2D eigenvalue weighted by atomic mass is 10.0. The van der Waals surface area contributed by atoms with Crippen LogP contribution in [0.3, 0.4) is 0 Å². The fraction of sp³-hybridized carbons (Fsp3) is 0.483. The van der Waals surface area contributed by atoms with Crippen LogP contribution >= 0.6 is 0 Å². The zero-order valence-electron chi connectivity index (χ0n) is 20.8. The normalized spacial score (nSPS) is 15.8. The zero-order valence-corrected chi connectivity index (χ0v) is 20.8. The van der Waals surface area contributed by atoms with Crippen molar-refractivity contribution in [2.45, 2.75) is 77.5 Å². The van der Waals surface area contributed by atoms with Crippen LogP contribution in [0.4, 0.5) is 0 Å². The molecule has 5 heteroatoms. The number of carbonyl (C=O) groups is 1. The number of aliphatic hydroxyl groups is 1. The number of benzene rings is 2. The molecule has 1 saturated carbocycles. The van der Waals surface area contributed by atoms with E-state index in [9.17, 15) is 9.90 Å². The third kappa shape index (κ3) is 8.21. The van der Waals surface area contributed by atoms with Crippen molar-refractivity contribution < 1.29 is 19.4 Å². The number of aryl methyl sites for hydroxylation is 2. The molecule has 0 radical (unpaired) electrons. The van der Waals surface area contributed by atoms with E-state index in [4.69, 9.17) is 9.47 Å². The van der Waals surface area contributed by atoms with E-state index in [1.165, 1.54) is 30.9 Å². The molecule has 5 nitrogen and oxygen atoms in total. The quantitative estimate of drug-likeness (QED) is 0.352. The molecule has 0 bridgehead atoms.